The van der Waals surface area contributed by atoms with Gasteiger partial charge in [-0.25, -0.2) is 4.79 Å². The van der Waals surface area contributed by atoms with E-state index in [1.165, 1.54) is 16.7 Å². The van der Waals surface area contributed by atoms with E-state index in [4.69, 9.17) is 14.2 Å². The number of carbonyl (C=O) groups excluding carboxylic acids is 1. The Kier molecular flexibility index (Phi) is 5.74. The third-order valence-corrected chi connectivity index (χ3v) is 4.63. The van der Waals surface area contributed by atoms with Gasteiger partial charge in [-0.3, -0.25) is 0 Å². The van der Waals surface area contributed by atoms with Crippen LogP contribution < -0.4 is 4.74 Å². The molecule has 1 unspecified atom stereocenters. The fourth-order valence-electron chi connectivity index (χ4n) is 3.20. The smallest absolute Gasteiger partial charge is 0.330 e. The molecule has 0 N–H and O–H groups in total. The van der Waals surface area contributed by atoms with Crippen molar-refractivity contribution in [2.24, 2.45) is 5.41 Å². The van der Waals surface area contributed by atoms with Crippen LogP contribution in [0.5, 0.6) is 5.75 Å². The second-order valence-corrected chi connectivity index (χ2v) is 6.61. The topological polar surface area (TPSA) is 44.8 Å². The second kappa shape index (κ2) is 8.19. The second-order valence-electron chi connectivity index (χ2n) is 6.61. The summed E-state index contributed by atoms with van der Waals surface area (Å²) in [7, 11) is 0. The third kappa shape index (κ3) is 4.33. The molecule has 0 aliphatic heterocycles. The molecule has 2 aliphatic carbocycles. The number of carbonyl (C=O) groups is 1. The molecule has 2 aliphatic rings. The Morgan fingerprint density at radius 3 is 2.92 bits per heavy atom. The van der Waals surface area contributed by atoms with Crippen LogP contribution in [0.25, 0.3) is 6.08 Å². The van der Waals surface area contributed by atoms with Crippen LogP contribution in [-0.2, 0) is 20.7 Å². The fraction of sp³-hybridized carbons (Fsp3) is 0.318. The maximum atomic E-state index is 10.9. The normalized spacial score (nSPS) is 20.0. The Bertz CT molecular complexity index is 772. The first kappa shape index (κ1) is 18.2. The van der Waals surface area contributed by atoms with Crippen molar-refractivity contribution < 1.29 is 19.0 Å². The Labute approximate surface area is 154 Å². The van der Waals surface area contributed by atoms with E-state index in [0.717, 1.165) is 18.2 Å². The van der Waals surface area contributed by atoms with Gasteiger partial charge >= 0.3 is 5.97 Å². The minimum Gasteiger partial charge on any atom is -0.491 e. The summed E-state index contributed by atoms with van der Waals surface area (Å²) in [5.74, 6) is 0.411. The average Bonchev–Trinajstić information content (AvgIpc) is 2.64. The molecule has 1 atom stereocenters. The van der Waals surface area contributed by atoms with Crippen molar-refractivity contribution in [3.8, 4) is 5.75 Å². The molecule has 0 fully saturated rings. The minimum atomic E-state index is -0.437. The number of rotatable bonds is 8. The van der Waals surface area contributed by atoms with Gasteiger partial charge in [0.1, 0.15) is 19.0 Å². The van der Waals surface area contributed by atoms with Crippen LogP contribution in [-0.4, -0.2) is 32.4 Å². The third-order valence-electron chi connectivity index (χ3n) is 4.63. The molecule has 0 saturated heterocycles. The zero-order chi connectivity index (χ0) is 18.4. The number of hydrogen-bond acceptors (Lipinski definition) is 4. The van der Waals surface area contributed by atoms with E-state index in [1.807, 2.05) is 6.07 Å². The average molecular weight is 352 g/mol. The Hall–Kier alpha value is -2.59. The Morgan fingerprint density at radius 1 is 1.23 bits per heavy atom. The maximum Gasteiger partial charge on any atom is 0.330 e. The molecule has 0 aromatic heterocycles. The summed E-state index contributed by atoms with van der Waals surface area (Å²) >= 11 is 0. The molecule has 4 heteroatoms. The molecule has 0 saturated carbocycles. The Balaban J connectivity index is 1.48. The first-order valence-corrected chi connectivity index (χ1v) is 8.81. The van der Waals surface area contributed by atoms with Gasteiger partial charge in [0.15, 0.2) is 0 Å². The van der Waals surface area contributed by atoms with Gasteiger partial charge in [0.25, 0.3) is 0 Å². The molecule has 136 valence electrons. The molecule has 0 bridgehead atoms. The van der Waals surface area contributed by atoms with E-state index < -0.39 is 5.97 Å². The highest BCUT2D eigenvalue weighted by molar-refractivity contribution is 5.81. The minimum absolute atomic E-state index is 0.0619. The van der Waals surface area contributed by atoms with Crippen LogP contribution >= 0.6 is 0 Å². The van der Waals surface area contributed by atoms with Crippen molar-refractivity contribution in [3.63, 3.8) is 0 Å². The van der Waals surface area contributed by atoms with Gasteiger partial charge in [-0.15, -0.1) is 0 Å². The van der Waals surface area contributed by atoms with Crippen LogP contribution in [0.15, 0.2) is 60.7 Å². The zero-order valence-electron chi connectivity index (χ0n) is 15.1. The van der Waals surface area contributed by atoms with Gasteiger partial charge < -0.3 is 14.2 Å². The van der Waals surface area contributed by atoms with E-state index in [2.05, 4.69) is 56.0 Å². The van der Waals surface area contributed by atoms with E-state index in [1.54, 1.807) is 0 Å². The number of benzene rings is 1. The monoisotopic (exact) mass is 352 g/mol. The maximum absolute atomic E-state index is 10.9. The van der Waals surface area contributed by atoms with Gasteiger partial charge in [-0.2, -0.15) is 0 Å². The van der Waals surface area contributed by atoms with Crippen LogP contribution in [0.4, 0.5) is 0 Å². The van der Waals surface area contributed by atoms with Gasteiger partial charge in [0.2, 0.25) is 0 Å². The molecule has 0 amide bonds. The molecule has 0 heterocycles. The molecular formula is C22H24O4. The van der Waals surface area contributed by atoms with Crippen molar-refractivity contribution in [3.05, 3.63) is 71.9 Å². The van der Waals surface area contributed by atoms with Crippen molar-refractivity contribution in [1.82, 2.24) is 0 Å². The van der Waals surface area contributed by atoms with Crippen LogP contribution in [0.2, 0.25) is 0 Å². The zero-order valence-corrected chi connectivity index (χ0v) is 15.1. The molecule has 0 spiro atoms. The quantitative estimate of drug-likeness (QED) is 0.405. The first-order valence-electron chi connectivity index (χ1n) is 8.81. The van der Waals surface area contributed by atoms with E-state index in [-0.39, 0.29) is 12.0 Å². The van der Waals surface area contributed by atoms with Crippen molar-refractivity contribution in [1.29, 1.82) is 0 Å². The summed E-state index contributed by atoms with van der Waals surface area (Å²) in [5, 5.41) is 0. The largest absolute Gasteiger partial charge is 0.491 e. The van der Waals surface area contributed by atoms with Crippen LogP contribution in [0, 0.1) is 5.41 Å². The summed E-state index contributed by atoms with van der Waals surface area (Å²) in [5.41, 5.74) is 3.97. The number of ether oxygens (including phenoxy) is 3. The van der Waals surface area contributed by atoms with Crippen LogP contribution in [0.3, 0.4) is 0 Å². The fourth-order valence-corrected chi connectivity index (χ4v) is 3.20. The predicted octanol–water partition coefficient (Wildman–Crippen LogP) is 3.88. The molecule has 4 nitrogen and oxygen atoms in total. The lowest BCUT2D eigenvalue weighted by Crippen LogP contribution is -2.23. The summed E-state index contributed by atoms with van der Waals surface area (Å²) < 4.78 is 16.0. The predicted molar refractivity (Wildman–Crippen MR) is 102 cm³/mol. The van der Waals surface area contributed by atoms with E-state index in [0.29, 0.717) is 19.8 Å². The molecule has 3 rings (SSSR count). The lowest BCUT2D eigenvalue weighted by Gasteiger charge is -2.34. The number of esters is 1. The van der Waals surface area contributed by atoms with Crippen molar-refractivity contribution >= 4 is 12.0 Å². The lowest BCUT2D eigenvalue weighted by molar-refractivity contribution is -0.139. The summed E-state index contributed by atoms with van der Waals surface area (Å²) in [6.07, 6.45) is 13.0. The molecule has 26 heavy (non-hydrogen) atoms. The molecule has 1 aromatic rings. The standard InChI is InChI=1S/C22H24O4/c1-3-21(23)26-13-11-24-10-12-25-20-8-7-17-14-19-6-4-5-9-22(19,2)16-18(17)15-20/h3-9,14-15H,1,10-13,16H2,2H3. The van der Waals surface area contributed by atoms with E-state index in [9.17, 15) is 4.79 Å². The molecular weight excluding hydrogens is 328 g/mol. The number of hydrogen-bond donors (Lipinski definition) is 0. The number of allylic oxidation sites excluding steroid dienone is 5. The highest BCUT2D eigenvalue weighted by Crippen LogP contribution is 2.42. The summed E-state index contributed by atoms with van der Waals surface area (Å²) in [6, 6.07) is 6.22. The Morgan fingerprint density at radius 2 is 2.08 bits per heavy atom. The first-order chi connectivity index (χ1) is 12.6. The highest BCUT2D eigenvalue weighted by Gasteiger charge is 2.30. The van der Waals surface area contributed by atoms with E-state index >= 15 is 0 Å². The van der Waals surface area contributed by atoms with Gasteiger partial charge in [0, 0.05) is 11.5 Å². The van der Waals surface area contributed by atoms with Gasteiger partial charge in [-0.05, 0) is 35.3 Å². The van der Waals surface area contributed by atoms with Crippen molar-refractivity contribution in [2.45, 2.75) is 13.3 Å². The number of fused-ring (bicyclic) bond motifs is 2. The lowest BCUT2D eigenvalue weighted by atomic mass is 9.70. The summed E-state index contributed by atoms with van der Waals surface area (Å²) in [4.78, 5) is 10.9. The van der Waals surface area contributed by atoms with Crippen LogP contribution in [0.1, 0.15) is 18.1 Å². The van der Waals surface area contributed by atoms with Gasteiger partial charge in [-0.1, -0.05) is 49.9 Å². The molecule has 0 radical (unpaired) electrons. The molecule has 1 aromatic carbocycles. The SMILES string of the molecule is C=CC(=O)OCCOCCOc1ccc2c(c1)CC1(C)C=CC=CC1=C2. The van der Waals surface area contributed by atoms with Crippen molar-refractivity contribution in [2.75, 3.05) is 26.4 Å². The highest BCUT2D eigenvalue weighted by atomic mass is 16.6. The van der Waals surface area contributed by atoms with Gasteiger partial charge in [0.05, 0.1) is 13.2 Å². The summed E-state index contributed by atoms with van der Waals surface area (Å²) in [6.45, 7) is 7.06.